The Balaban J connectivity index is 4.31. The van der Waals surface area contributed by atoms with E-state index in [1.54, 1.807) is 0 Å². The molecule has 0 rings (SSSR count). The van der Waals surface area contributed by atoms with E-state index < -0.39 is 9.84 Å². The van der Waals surface area contributed by atoms with Crippen molar-refractivity contribution in [1.29, 1.82) is 0 Å². The van der Waals surface area contributed by atoms with Crippen LogP contribution in [0.5, 0.6) is 0 Å². The molecule has 0 saturated carbocycles. The molecule has 0 unspecified atom stereocenters. The molecule has 0 aliphatic carbocycles. The molecule has 0 saturated heterocycles. The first-order valence-corrected chi connectivity index (χ1v) is 9.85. The monoisotopic (exact) mass is 320 g/mol. The third-order valence-corrected chi connectivity index (χ3v) is 5.41. The third kappa shape index (κ3) is 10.3. The molecule has 21 heavy (non-hydrogen) atoms. The fraction of sp³-hybridized carbons (Fsp3) is 1.00. The average molecular weight is 321 g/mol. The summed E-state index contributed by atoms with van der Waals surface area (Å²) in [5, 5.41) is 0. The average Bonchev–Trinajstić information content (AvgIpc) is 2.22. The normalized spacial score (nSPS) is 15.5. The van der Waals surface area contributed by atoms with Crippen LogP contribution in [0.4, 0.5) is 0 Å². The molecule has 0 spiro atoms. The van der Waals surface area contributed by atoms with E-state index >= 15 is 0 Å². The lowest BCUT2D eigenvalue weighted by Gasteiger charge is -2.33. The molecule has 0 aromatic carbocycles. The molecule has 4 heteroatoms. The van der Waals surface area contributed by atoms with E-state index in [4.69, 9.17) is 4.74 Å². The largest absolute Gasteiger partial charge is 0.381 e. The van der Waals surface area contributed by atoms with Gasteiger partial charge in [-0.25, -0.2) is 8.42 Å². The number of hydrogen-bond donors (Lipinski definition) is 0. The molecule has 0 aliphatic rings. The van der Waals surface area contributed by atoms with Crippen molar-refractivity contribution >= 4 is 9.84 Å². The first kappa shape index (κ1) is 20.9. The van der Waals surface area contributed by atoms with Crippen LogP contribution >= 0.6 is 0 Å². The highest BCUT2D eigenvalue weighted by Gasteiger charge is 2.31. The van der Waals surface area contributed by atoms with Gasteiger partial charge in [0.15, 0.2) is 9.84 Å². The van der Waals surface area contributed by atoms with Gasteiger partial charge in [0.25, 0.3) is 0 Å². The predicted octanol–water partition coefficient (Wildman–Crippen LogP) is 4.17. The molecule has 128 valence electrons. The highest BCUT2D eigenvalue weighted by Crippen LogP contribution is 2.33. The van der Waals surface area contributed by atoms with Gasteiger partial charge in [-0.15, -0.1) is 0 Å². The van der Waals surface area contributed by atoms with Crippen LogP contribution in [-0.4, -0.2) is 33.1 Å². The summed E-state index contributed by atoms with van der Waals surface area (Å²) in [5.41, 5.74) is 0.151. The van der Waals surface area contributed by atoms with Crippen molar-refractivity contribution in [2.75, 3.05) is 24.7 Å². The Morgan fingerprint density at radius 1 is 1.00 bits per heavy atom. The third-order valence-electron chi connectivity index (χ3n) is 3.63. The lowest BCUT2D eigenvalue weighted by Crippen LogP contribution is -2.33. The quantitative estimate of drug-likeness (QED) is 0.630. The molecule has 0 aromatic heterocycles. The van der Waals surface area contributed by atoms with Gasteiger partial charge in [0, 0.05) is 6.61 Å². The van der Waals surface area contributed by atoms with Crippen LogP contribution in [0.15, 0.2) is 0 Å². The fourth-order valence-electron chi connectivity index (χ4n) is 2.56. The molecule has 0 aromatic rings. The molecule has 0 fully saturated rings. The first-order chi connectivity index (χ1) is 9.25. The van der Waals surface area contributed by atoms with Crippen molar-refractivity contribution in [3.8, 4) is 0 Å². The van der Waals surface area contributed by atoms with Gasteiger partial charge >= 0.3 is 0 Å². The minimum Gasteiger partial charge on any atom is -0.381 e. The van der Waals surface area contributed by atoms with Gasteiger partial charge < -0.3 is 4.74 Å². The number of rotatable bonds is 8. The Labute approximate surface area is 132 Å². The minimum atomic E-state index is -3.00. The zero-order chi connectivity index (χ0) is 16.9. The summed E-state index contributed by atoms with van der Waals surface area (Å²) < 4.78 is 30.1. The van der Waals surface area contributed by atoms with E-state index in [1.807, 2.05) is 0 Å². The van der Waals surface area contributed by atoms with Gasteiger partial charge in [-0.2, -0.15) is 0 Å². The number of hydrogen-bond acceptors (Lipinski definition) is 3. The van der Waals surface area contributed by atoms with Crippen LogP contribution in [-0.2, 0) is 14.6 Å². The summed E-state index contributed by atoms with van der Waals surface area (Å²) in [6.07, 6.45) is 0.591. The van der Waals surface area contributed by atoms with E-state index in [0.717, 1.165) is 0 Å². The Bertz CT molecular complexity index is 383. The lowest BCUT2D eigenvalue weighted by atomic mass is 9.75. The number of sulfone groups is 1. The summed E-state index contributed by atoms with van der Waals surface area (Å²) in [4.78, 5) is 0. The molecule has 0 aliphatic heterocycles. The van der Waals surface area contributed by atoms with E-state index in [9.17, 15) is 8.42 Å². The first-order valence-electron chi connectivity index (χ1n) is 8.03. The highest BCUT2D eigenvalue weighted by atomic mass is 32.2. The lowest BCUT2D eigenvalue weighted by molar-refractivity contribution is 0.0720. The van der Waals surface area contributed by atoms with Crippen LogP contribution in [0.3, 0.4) is 0 Å². The van der Waals surface area contributed by atoms with Crippen LogP contribution in [0.25, 0.3) is 0 Å². The summed E-state index contributed by atoms with van der Waals surface area (Å²) in [7, 11) is -3.00. The summed E-state index contributed by atoms with van der Waals surface area (Å²) in [6, 6.07) is 0. The summed E-state index contributed by atoms with van der Waals surface area (Å²) >= 11 is 0. The Kier molecular flexibility index (Phi) is 7.92. The zero-order valence-corrected chi connectivity index (χ0v) is 16.1. The maximum absolute atomic E-state index is 12.3. The summed E-state index contributed by atoms with van der Waals surface area (Å²) in [5.74, 6) is 1.08. The molecule has 0 bridgehead atoms. The van der Waals surface area contributed by atoms with Crippen molar-refractivity contribution in [1.82, 2.24) is 0 Å². The SMILES string of the molecule is CC(C)[C@H](CS(=O)(=O)CCCOCC(C)(C)C)C(C)(C)C. The van der Waals surface area contributed by atoms with Crippen molar-refractivity contribution in [3.63, 3.8) is 0 Å². The molecule has 1 atom stereocenters. The Morgan fingerprint density at radius 2 is 1.52 bits per heavy atom. The van der Waals surface area contributed by atoms with Gasteiger partial charge in [-0.05, 0) is 29.1 Å². The second-order valence-corrected chi connectivity index (χ2v) is 11.0. The van der Waals surface area contributed by atoms with Gasteiger partial charge in [-0.3, -0.25) is 0 Å². The molecular formula is C17H36O3S. The topological polar surface area (TPSA) is 43.4 Å². The molecule has 0 amide bonds. The molecule has 0 radical (unpaired) electrons. The Hall–Kier alpha value is -0.0900. The van der Waals surface area contributed by atoms with Crippen molar-refractivity contribution in [2.45, 2.75) is 61.8 Å². The maximum Gasteiger partial charge on any atom is 0.150 e. The van der Waals surface area contributed by atoms with Gasteiger partial charge in [-0.1, -0.05) is 55.4 Å². The second-order valence-electron chi connectivity index (χ2n) is 8.80. The maximum atomic E-state index is 12.3. The highest BCUT2D eigenvalue weighted by molar-refractivity contribution is 7.91. The molecule has 3 nitrogen and oxygen atoms in total. The van der Waals surface area contributed by atoms with Crippen molar-refractivity contribution < 1.29 is 13.2 Å². The van der Waals surface area contributed by atoms with Crippen LogP contribution < -0.4 is 0 Å². The minimum absolute atomic E-state index is 0.0178. The van der Waals surface area contributed by atoms with E-state index in [2.05, 4.69) is 55.4 Å². The van der Waals surface area contributed by atoms with Crippen LogP contribution in [0.2, 0.25) is 0 Å². The molecule has 0 heterocycles. The Morgan fingerprint density at radius 3 is 1.90 bits per heavy atom. The standard InChI is InChI=1S/C17H36O3S/c1-14(2)15(17(6,7)8)12-21(18,19)11-9-10-20-13-16(3,4)5/h14-15H,9-13H2,1-8H3/t15-/m0/s1. The van der Waals surface area contributed by atoms with Crippen LogP contribution in [0, 0.1) is 22.7 Å². The van der Waals surface area contributed by atoms with E-state index in [-0.39, 0.29) is 28.3 Å². The zero-order valence-electron chi connectivity index (χ0n) is 15.3. The smallest absolute Gasteiger partial charge is 0.150 e. The van der Waals surface area contributed by atoms with Crippen molar-refractivity contribution in [2.24, 2.45) is 22.7 Å². The van der Waals surface area contributed by atoms with Gasteiger partial charge in [0.05, 0.1) is 18.1 Å². The molecule has 0 N–H and O–H groups in total. The van der Waals surface area contributed by atoms with Gasteiger partial charge in [0.1, 0.15) is 0 Å². The second kappa shape index (κ2) is 7.96. The van der Waals surface area contributed by atoms with Crippen molar-refractivity contribution in [3.05, 3.63) is 0 Å². The predicted molar refractivity (Wildman–Crippen MR) is 91.3 cm³/mol. The number of ether oxygens (including phenoxy) is 1. The summed E-state index contributed by atoms with van der Waals surface area (Å²) in [6.45, 7) is 18.1. The molecular weight excluding hydrogens is 284 g/mol. The van der Waals surface area contributed by atoms with E-state index in [0.29, 0.717) is 25.6 Å². The fourth-order valence-corrected chi connectivity index (χ4v) is 4.72. The van der Waals surface area contributed by atoms with Gasteiger partial charge in [0.2, 0.25) is 0 Å². The van der Waals surface area contributed by atoms with Crippen LogP contribution in [0.1, 0.15) is 61.8 Å². The van der Waals surface area contributed by atoms with E-state index in [1.165, 1.54) is 0 Å².